The molecule has 2 heterocycles. The molecule has 2 aromatic heterocycles. The number of nitrogens with one attached hydrogen (secondary N) is 1. The third kappa shape index (κ3) is 5.25. The van der Waals surface area contributed by atoms with Crippen molar-refractivity contribution in [2.75, 3.05) is 11.1 Å². The first-order valence-corrected chi connectivity index (χ1v) is 14.7. The van der Waals surface area contributed by atoms with Gasteiger partial charge in [0, 0.05) is 10.6 Å². The number of hydrogen-bond donors (Lipinski definition) is 1. The molecule has 0 bridgehead atoms. The lowest BCUT2D eigenvalue weighted by Crippen LogP contribution is -2.27. The summed E-state index contributed by atoms with van der Waals surface area (Å²) in [5, 5.41) is 4.33. The molecule has 37 heavy (non-hydrogen) atoms. The van der Waals surface area contributed by atoms with Crippen molar-refractivity contribution in [3.8, 4) is 5.69 Å². The Morgan fingerprint density at radius 2 is 1.86 bits per heavy atom. The fraction of sp³-hybridized carbons (Fsp3) is 0.367. The smallest absolute Gasteiger partial charge is 0.267 e. The largest absolute Gasteiger partial charge is 0.325 e. The van der Waals surface area contributed by atoms with E-state index in [4.69, 9.17) is 4.98 Å². The summed E-state index contributed by atoms with van der Waals surface area (Å²) in [6.45, 7) is 8.97. The van der Waals surface area contributed by atoms with Crippen LogP contribution < -0.4 is 10.9 Å². The molecule has 0 unspecified atom stereocenters. The molecule has 192 valence electrons. The molecule has 1 amide bonds. The van der Waals surface area contributed by atoms with Gasteiger partial charge in [0.25, 0.3) is 5.56 Å². The maximum absolute atomic E-state index is 14.0. The van der Waals surface area contributed by atoms with Crippen LogP contribution in [0.4, 0.5) is 5.69 Å². The molecule has 0 spiro atoms. The van der Waals surface area contributed by atoms with Crippen LogP contribution in [0.2, 0.25) is 0 Å². The van der Waals surface area contributed by atoms with Gasteiger partial charge in [-0.1, -0.05) is 75.9 Å². The molecule has 2 aromatic carbocycles. The number of aryl methyl sites for hydroxylation is 2. The lowest BCUT2D eigenvalue weighted by Gasteiger charge is -2.33. The number of nitrogens with zero attached hydrogens (tertiary/aromatic N) is 2. The quantitative estimate of drug-likeness (QED) is 0.217. The van der Waals surface area contributed by atoms with Crippen LogP contribution in [-0.4, -0.2) is 21.2 Å². The van der Waals surface area contributed by atoms with Crippen LogP contribution in [0.3, 0.4) is 0 Å². The highest BCUT2D eigenvalue weighted by Gasteiger charge is 2.32. The topological polar surface area (TPSA) is 64.0 Å². The van der Waals surface area contributed by atoms with Gasteiger partial charge in [-0.3, -0.25) is 14.2 Å². The van der Waals surface area contributed by atoms with Gasteiger partial charge in [0.1, 0.15) is 4.83 Å². The van der Waals surface area contributed by atoms with Gasteiger partial charge in [0.05, 0.1) is 16.8 Å². The van der Waals surface area contributed by atoms with E-state index in [1.165, 1.54) is 22.2 Å². The van der Waals surface area contributed by atoms with Crippen LogP contribution in [0.15, 0.2) is 64.5 Å². The molecule has 1 atom stereocenters. The van der Waals surface area contributed by atoms with Crippen LogP contribution in [0, 0.1) is 11.3 Å². The molecule has 7 heteroatoms. The second-order valence-corrected chi connectivity index (χ2v) is 12.7. The summed E-state index contributed by atoms with van der Waals surface area (Å²) in [7, 11) is 0. The van der Waals surface area contributed by atoms with E-state index in [0.29, 0.717) is 11.1 Å². The number of para-hydroxylation sites is 2. The zero-order chi connectivity index (χ0) is 26.2. The average Bonchev–Trinajstić information content (AvgIpc) is 3.26. The Kier molecular flexibility index (Phi) is 7.28. The Hall–Kier alpha value is -2.90. The summed E-state index contributed by atoms with van der Waals surface area (Å²) < 4.78 is 1.68. The van der Waals surface area contributed by atoms with Gasteiger partial charge in [0.2, 0.25) is 5.91 Å². The van der Waals surface area contributed by atoms with Crippen molar-refractivity contribution in [2.24, 2.45) is 11.3 Å². The van der Waals surface area contributed by atoms with Crippen molar-refractivity contribution in [1.29, 1.82) is 0 Å². The van der Waals surface area contributed by atoms with E-state index in [-0.39, 0.29) is 22.6 Å². The lowest BCUT2D eigenvalue weighted by atomic mass is 9.72. The second-order valence-electron chi connectivity index (χ2n) is 10.7. The fourth-order valence-electron chi connectivity index (χ4n) is 5.11. The number of aromatic nitrogens is 2. The molecular formula is C30H33N3O2S2. The van der Waals surface area contributed by atoms with Crippen molar-refractivity contribution in [1.82, 2.24) is 9.55 Å². The van der Waals surface area contributed by atoms with Gasteiger partial charge >= 0.3 is 0 Å². The number of carbonyl (C=O) groups is 1. The minimum Gasteiger partial charge on any atom is -0.325 e. The first-order valence-electron chi connectivity index (χ1n) is 12.9. The highest BCUT2D eigenvalue weighted by Crippen LogP contribution is 2.42. The molecule has 5 nitrogen and oxygen atoms in total. The molecule has 0 fully saturated rings. The molecule has 1 aliphatic rings. The monoisotopic (exact) mass is 531 g/mol. The van der Waals surface area contributed by atoms with E-state index in [2.05, 4.69) is 33.0 Å². The Bertz CT molecular complexity index is 1500. The summed E-state index contributed by atoms with van der Waals surface area (Å²) in [5.41, 5.74) is 4.06. The summed E-state index contributed by atoms with van der Waals surface area (Å²) in [6, 6.07) is 17.5. The maximum Gasteiger partial charge on any atom is 0.267 e. The number of amides is 1. The number of anilines is 1. The van der Waals surface area contributed by atoms with E-state index in [1.54, 1.807) is 15.9 Å². The van der Waals surface area contributed by atoms with Crippen molar-refractivity contribution in [2.45, 2.75) is 58.5 Å². The average molecular weight is 532 g/mol. The third-order valence-corrected chi connectivity index (χ3v) is 9.38. The van der Waals surface area contributed by atoms with Gasteiger partial charge in [-0.2, -0.15) is 0 Å². The standard InChI is InChI=1S/C30H33N3O2S2/c1-5-19-11-9-10-14-23(19)31-25(34)18-36-29-32-27-26(28(35)33(29)21-12-7-6-8-13-21)22-16-15-20(30(2,3)4)17-24(22)37-27/h6-14,20H,5,15-18H2,1-4H3,(H,31,34)/t20-/m1/s1. The first kappa shape index (κ1) is 25.7. The van der Waals surface area contributed by atoms with Crippen LogP contribution in [0.1, 0.15) is 50.1 Å². The van der Waals surface area contributed by atoms with Gasteiger partial charge in [0.15, 0.2) is 5.16 Å². The fourth-order valence-corrected chi connectivity index (χ4v) is 7.27. The van der Waals surface area contributed by atoms with Crippen LogP contribution >= 0.6 is 23.1 Å². The van der Waals surface area contributed by atoms with E-state index in [1.807, 2.05) is 54.6 Å². The number of fused-ring (bicyclic) bond motifs is 3. The minimum absolute atomic E-state index is 0.0397. The molecule has 1 aliphatic carbocycles. The molecule has 0 radical (unpaired) electrons. The van der Waals surface area contributed by atoms with E-state index in [9.17, 15) is 9.59 Å². The summed E-state index contributed by atoms with van der Waals surface area (Å²) in [5.74, 6) is 0.645. The van der Waals surface area contributed by atoms with E-state index < -0.39 is 0 Å². The maximum atomic E-state index is 14.0. The van der Waals surface area contributed by atoms with Gasteiger partial charge in [-0.15, -0.1) is 11.3 Å². The third-order valence-electron chi connectivity index (χ3n) is 7.30. The second kappa shape index (κ2) is 10.5. The van der Waals surface area contributed by atoms with Gasteiger partial charge in [-0.25, -0.2) is 4.98 Å². The van der Waals surface area contributed by atoms with Crippen LogP contribution in [-0.2, 0) is 24.1 Å². The predicted molar refractivity (Wildman–Crippen MR) is 155 cm³/mol. The zero-order valence-corrected chi connectivity index (χ0v) is 23.5. The van der Waals surface area contributed by atoms with E-state index in [0.717, 1.165) is 52.8 Å². The van der Waals surface area contributed by atoms with Gasteiger partial charge in [-0.05, 0) is 66.3 Å². The predicted octanol–water partition coefficient (Wildman–Crippen LogP) is 6.89. The Morgan fingerprint density at radius 3 is 2.59 bits per heavy atom. The highest BCUT2D eigenvalue weighted by atomic mass is 32.2. The van der Waals surface area contributed by atoms with Crippen molar-refractivity contribution in [3.05, 3.63) is 81.0 Å². The molecule has 0 saturated heterocycles. The zero-order valence-electron chi connectivity index (χ0n) is 21.8. The van der Waals surface area contributed by atoms with E-state index >= 15 is 0 Å². The number of rotatable bonds is 6. The Labute approximate surface area is 226 Å². The van der Waals surface area contributed by atoms with Crippen LogP contribution in [0.25, 0.3) is 15.9 Å². The number of carbonyl (C=O) groups excluding carboxylic acids is 1. The van der Waals surface area contributed by atoms with Crippen molar-refractivity contribution in [3.63, 3.8) is 0 Å². The number of benzene rings is 2. The molecular weight excluding hydrogens is 498 g/mol. The molecule has 5 rings (SSSR count). The summed E-state index contributed by atoms with van der Waals surface area (Å²) >= 11 is 2.96. The Morgan fingerprint density at radius 1 is 1.14 bits per heavy atom. The SMILES string of the molecule is CCc1ccccc1NC(=O)CSc1nc2sc3c(c2c(=O)n1-c1ccccc1)CC[C@@H](C(C)(C)C)C3. The molecule has 1 N–H and O–H groups in total. The number of thiophene rings is 1. The number of thioether (sulfide) groups is 1. The van der Waals surface area contributed by atoms with Crippen molar-refractivity contribution < 1.29 is 4.79 Å². The molecule has 0 saturated carbocycles. The first-order chi connectivity index (χ1) is 17.8. The summed E-state index contributed by atoms with van der Waals surface area (Å²) in [6.07, 6.45) is 3.83. The van der Waals surface area contributed by atoms with Crippen molar-refractivity contribution >= 4 is 44.9 Å². The number of hydrogen-bond acceptors (Lipinski definition) is 5. The summed E-state index contributed by atoms with van der Waals surface area (Å²) in [4.78, 5) is 34.0. The Balaban J connectivity index is 1.51. The van der Waals surface area contributed by atoms with Crippen LogP contribution in [0.5, 0.6) is 0 Å². The minimum atomic E-state index is -0.113. The molecule has 4 aromatic rings. The molecule has 0 aliphatic heterocycles. The normalized spacial score (nSPS) is 15.5. The lowest BCUT2D eigenvalue weighted by molar-refractivity contribution is -0.113. The van der Waals surface area contributed by atoms with Gasteiger partial charge < -0.3 is 5.32 Å². The highest BCUT2D eigenvalue weighted by molar-refractivity contribution is 7.99.